The Kier molecular flexibility index (Phi) is 3.55. The molecule has 6 heteroatoms. The minimum Gasteiger partial charge on any atom is -0.487 e. The minimum atomic E-state index is -0.689. The number of benzene rings is 1. The fourth-order valence-corrected chi connectivity index (χ4v) is 2.76. The third kappa shape index (κ3) is 2.45. The summed E-state index contributed by atoms with van der Waals surface area (Å²) in [6, 6.07) is 2.31. The number of rotatable bonds is 3. The SMILES string of the molecule is Cc1cc(OC2CC(Br)C2(C)C)c(F)cc1[N+](=O)[O-]. The van der Waals surface area contributed by atoms with Gasteiger partial charge in [0.05, 0.1) is 11.0 Å². The second kappa shape index (κ2) is 4.74. The topological polar surface area (TPSA) is 52.4 Å². The molecule has 104 valence electrons. The molecule has 0 heterocycles. The third-order valence-electron chi connectivity index (χ3n) is 3.77. The van der Waals surface area contributed by atoms with E-state index in [2.05, 4.69) is 15.9 Å². The average molecular weight is 332 g/mol. The van der Waals surface area contributed by atoms with Crippen molar-refractivity contribution >= 4 is 21.6 Å². The van der Waals surface area contributed by atoms with Gasteiger partial charge in [0.25, 0.3) is 5.69 Å². The largest absolute Gasteiger partial charge is 0.487 e. The highest BCUT2D eigenvalue weighted by atomic mass is 79.9. The first-order valence-corrected chi connectivity index (χ1v) is 6.90. The lowest BCUT2D eigenvalue weighted by molar-refractivity contribution is -0.385. The van der Waals surface area contributed by atoms with Crippen molar-refractivity contribution in [2.75, 3.05) is 0 Å². The molecular formula is C13H15BrFNO3. The quantitative estimate of drug-likeness (QED) is 0.478. The maximum absolute atomic E-state index is 13.8. The molecule has 1 aromatic rings. The molecule has 0 amide bonds. The fourth-order valence-electron chi connectivity index (χ4n) is 2.12. The van der Waals surface area contributed by atoms with Crippen molar-refractivity contribution in [3.63, 3.8) is 0 Å². The molecule has 0 bridgehead atoms. The van der Waals surface area contributed by atoms with Crippen molar-refractivity contribution in [2.24, 2.45) is 5.41 Å². The van der Waals surface area contributed by atoms with Crippen LogP contribution in [0.5, 0.6) is 5.75 Å². The smallest absolute Gasteiger partial charge is 0.275 e. The van der Waals surface area contributed by atoms with Gasteiger partial charge < -0.3 is 4.74 Å². The van der Waals surface area contributed by atoms with E-state index in [1.54, 1.807) is 6.92 Å². The molecule has 0 aromatic heterocycles. The summed E-state index contributed by atoms with van der Waals surface area (Å²) in [6.45, 7) is 5.65. The van der Waals surface area contributed by atoms with Crippen LogP contribution in [-0.4, -0.2) is 15.9 Å². The Morgan fingerprint density at radius 3 is 2.63 bits per heavy atom. The van der Waals surface area contributed by atoms with Gasteiger partial charge in [-0.2, -0.15) is 0 Å². The molecule has 1 aliphatic rings. The maximum Gasteiger partial charge on any atom is 0.275 e. The zero-order valence-electron chi connectivity index (χ0n) is 10.9. The fraction of sp³-hybridized carbons (Fsp3) is 0.538. The predicted molar refractivity (Wildman–Crippen MR) is 73.3 cm³/mol. The first kappa shape index (κ1) is 14.2. The van der Waals surface area contributed by atoms with Crippen molar-refractivity contribution in [2.45, 2.75) is 38.1 Å². The van der Waals surface area contributed by atoms with Crippen LogP contribution < -0.4 is 4.74 Å². The van der Waals surface area contributed by atoms with Crippen LogP contribution in [0.1, 0.15) is 25.8 Å². The number of hydrogen-bond donors (Lipinski definition) is 0. The minimum absolute atomic E-state index is 0.0812. The summed E-state index contributed by atoms with van der Waals surface area (Å²) in [5.74, 6) is -0.605. The Hall–Kier alpha value is -1.17. The van der Waals surface area contributed by atoms with E-state index in [-0.39, 0.29) is 23.0 Å². The number of ether oxygens (including phenoxy) is 1. The van der Waals surface area contributed by atoms with E-state index in [1.807, 2.05) is 13.8 Å². The lowest BCUT2D eigenvalue weighted by Gasteiger charge is -2.48. The highest BCUT2D eigenvalue weighted by Crippen LogP contribution is 2.47. The second-order valence-electron chi connectivity index (χ2n) is 5.46. The van der Waals surface area contributed by atoms with Crippen molar-refractivity contribution in [3.05, 3.63) is 33.6 Å². The number of halogens is 2. The molecule has 0 saturated heterocycles. The summed E-state index contributed by atoms with van der Waals surface area (Å²) in [7, 11) is 0. The Bertz CT molecular complexity index is 533. The summed E-state index contributed by atoms with van der Waals surface area (Å²) < 4.78 is 19.5. The van der Waals surface area contributed by atoms with Crippen LogP contribution in [-0.2, 0) is 0 Å². The van der Waals surface area contributed by atoms with Crippen LogP contribution in [0.4, 0.5) is 10.1 Å². The highest BCUT2D eigenvalue weighted by Gasteiger charge is 2.48. The number of nitro benzene ring substituents is 1. The van der Waals surface area contributed by atoms with E-state index in [0.717, 1.165) is 12.5 Å². The summed E-state index contributed by atoms with van der Waals surface area (Å²) in [4.78, 5) is 10.5. The van der Waals surface area contributed by atoms with Crippen molar-refractivity contribution in [1.82, 2.24) is 0 Å². The van der Waals surface area contributed by atoms with Crippen molar-refractivity contribution < 1.29 is 14.1 Å². The van der Waals surface area contributed by atoms with Gasteiger partial charge in [0, 0.05) is 15.8 Å². The molecule has 0 spiro atoms. The van der Waals surface area contributed by atoms with Gasteiger partial charge in [-0.3, -0.25) is 10.1 Å². The summed E-state index contributed by atoms with van der Waals surface area (Å²) in [5, 5.41) is 10.7. The van der Waals surface area contributed by atoms with E-state index in [4.69, 9.17) is 4.74 Å². The number of nitrogens with zero attached hydrogens (tertiary/aromatic N) is 1. The van der Waals surface area contributed by atoms with Gasteiger partial charge in [-0.25, -0.2) is 4.39 Å². The average Bonchev–Trinajstić information content (AvgIpc) is 2.32. The lowest BCUT2D eigenvalue weighted by atomic mass is 9.69. The lowest BCUT2D eigenvalue weighted by Crippen LogP contribution is -2.53. The van der Waals surface area contributed by atoms with Crippen LogP contribution in [0, 0.1) is 28.3 Å². The van der Waals surface area contributed by atoms with Gasteiger partial charge in [0.1, 0.15) is 6.10 Å². The summed E-state index contributed by atoms with van der Waals surface area (Å²) in [5.41, 5.74) is 0.0901. The van der Waals surface area contributed by atoms with Gasteiger partial charge in [-0.15, -0.1) is 0 Å². The second-order valence-corrected chi connectivity index (χ2v) is 6.56. The molecule has 19 heavy (non-hydrogen) atoms. The Labute approximate surface area is 119 Å². The molecule has 0 N–H and O–H groups in total. The first-order valence-electron chi connectivity index (χ1n) is 5.98. The zero-order chi connectivity index (χ0) is 14.4. The number of hydrogen-bond acceptors (Lipinski definition) is 3. The van der Waals surface area contributed by atoms with E-state index < -0.39 is 10.7 Å². The van der Waals surface area contributed by atoms with E-state index in [0.29, 0.717) is 10.4 Å². The van der Waals surface area contributed by atoms with E-state index in [9.17, 15) is 14.5 Å². The predicted octanol–water partition coefficient (Wildman–Crippen LogP) is 3.98. The van der Waals surface area contributed by atoms with Crippen molar-refractivity contribution in [3.8, 4) is 5.75 Å². The molecule has 2 atom stereocenters. The molecule has 1 aromatic carbocycles. The molecule has 2 rings (SSSR count). The Morgan fingerprint density at radius 1 is 1.53 bits per heavy atom. The molecule has 1 fully saturated rings. The molecule has 0 radical (unpaired) electrons. The van der Waals surface area contributed by atoms with Crippen LogP contribution >= 0.6 is 15.9 Å². The van der Waals surface area contributed by atoms with Crippen LogP contribution in [0.25, 0.3) is 0 Å². The van der Waals surface area contributed by atoms with Gasteiger partial charge in [-0.1, -0.05) is 29.8 Å². The summed E-state index contributed by atoms with van der Waals surface area (Å²) >= 11 is 3.54. The number of alkyl halides is 1. The maximum atomic E-state index is 13.8. The number of aryl methyl sites for hydroxylation is 1. The third-order valence-corrected chi connectivity index (χ3v) is 5.33. The van der Waals surface area contributed by atoms with Gasteiger partial charge in [-0.05, 0) is 19.4 Å². The van der Waals surface area contributed by atoms with E-state index >= 15 is 0 Å². The van der Waals surface area contributed by atoms with Crippen LogP contribution in [0.15, 0.2) is 12.1 Å². The van der Waals surface area contributed by atoms with Gasteiger partial charge in [0.2, 0.25) is 0 Å². The highest BCUT2D eigenvalue weighted by molar-refractivity contribution is 9.09. The van der Waals surface area contributed by atoms with Crippen LogP contribution in [0.3, 0.4) is 0 Å². The molecular weight excluding hydrogens is 317 g/mol. The summed E-state index contributed by atoms with van der Waals surface area (Å²) in [6.07, 6.45) is 0.704. The first-order chi connectivity index (χ1) is 8.73. The molecule has 1 aliphatic carbocycles. The Balaban J connectivity index is 2.23. The molecule has 2 unspecified atom stereocenters. The molecule has 1 saturated carbocycles. The normalized spacial score (nSPS) is 24.7. The zero-order valence-corrected chi connectivity index (χ0v) is 12.5. The monoisotopic (exact) mass is 331 g/mol. The van der Waals surface area contributed by atoms with Crippen LogP contribution in [0.2, 0.25) is 0 Å². The Morgan fingerprint density at radius 2 is 2.16 bits per heavy atom. The van der Waals surface area contributed by atoms with Crippen molar-refractivity contribution in [1.29, 1.82) is 0 Å². The number of nitro groups is 1. The molecule has 0 aliphatic heterocycles. The van der Waals surface area contributed by atoms with Gasteiger partial charge >= 0.3 is 0 Å². The molecule has 4 nitrogen and oxygen atoms in total. The van der Waals surface area contributed by atoms with E-state index in [1.165, 1.54) is 6.07 Å². The standard InChI is InChI=1S/C13H15BrFNO3/c1-7-4-10(8(15)5-9(7)16(17)18)19-12-6-11(14)13(12,2)3/h4-5,11-12H,6H2,1-3H3. The van der Waals surface area contributed by atoms with Gasteiger partial charge in [0.15, 0.2) is 11.6 Å².